The molecule has 2 heterocycles. The summed E-state index contributed by atoms with van der Waals surface area (Å²) in [6, 6.07) is 1.95. The van der Waals surface area contributed by atoms with Crippen LogP contribution >= 0.6 is 22.9 Å². The van der Waals surface area contributed by atoms with Crippen molar-refractivity contribution < 1.29 is 4.79 Å². The molecule has 1 N–H and O–H groups in total. The second kappa shape index (κ2) is 5.58. The van der Waals surface area contributed by atoms with Gasteiger partial charge in [0.2, 0.25) is 0 Å². The molecular weight excluding hydrogens is 266 g/mol. The maximum Gasteiger partial charge on any atom is 0.261 e. The molecule has 2 aromatic rings. The Morgan fingerprint density at radius 1 is 1.39 bits per heavy atom. The number of rotatable bonds is 4. The van der Waals surface area contributed by atoms with E-state index >= 15 is 0 Å². The van der Waals surface area contributed by atoms with Crippen molar-refractivity contribution >= 4 is 28.8 Å². The van der Waals surface area contributed by atoms with E-state index in [1.165, 1.54) is 22.0 Å². The molecule has 0 fully saturated rings. The average molecular weight is 281 g/mol. The number of nitrogens with one attached hydrogen (secondary N) is 1. The van der Waals surface area contributed by atoms with Crippen molar-refractivity contribution in [3.05, 3.63) is 32.0 Å². The summed E-state index contributed by atoms with van der Waals surface area (Å²) in [6.45, 7) is 6.55. The number of hydrogen-bond donors (Lipinski definition) is 1. The van der Waals surface area contributed by atoms with E-state index in [0.29, 0.717) is 6.54 Å². The van der Waals surface area contributed by atoms with Crippen LogP contribution in [0.4, 0.5) is 0 Å². The summed E-state index contributed by atoms with van der Waals surface area (Å²) in [7, 11) is 0. The quantitative estimate of drug-likeness (QED) is 0.937. The van der Waals surface area contributed by atoms with Gasteiger partial charge in [-0.15, -0.1) is 16.4 Å². The molecule has 0 bridgehead atoms. The van der Waals surface area contributed by atoms with Gasteiger partial charge in [0.15, 0.2) is 0 Å². The predicted octanol–water partition coefficient (Wildman–Crippen LogP) is 2.71. The molecule has 1 amide bonds. The van der Waals surface area contributed by atoms with Crippen LogP contribution in [-0.4, -0.2) is 15.5 Å². The molecule has 96 valence electrons. The first-order valence-corrected chi connectivity index (χ1v) is 7.36. The topological polar surface area (TPSA) is 54.9 Å². The van der Waals surface area contributed by atoms with Gasteiger partial charge >= 0.3 is 0 Å². The zero-order chi connectivity index (χ0) is 13.1. The number of carbonyl (C=O) groups excluding carboxylic acids is 1. The summed E-state index contributed by atoms with van der Waals surface area (Å²) in [4.78, 5) is 15.1. The van der Waals surface area contributed by atoms with Crippen LogP contribution in [0.25, 0.3) is 0 Å². The highest BCUT2D eigenvalue weighted by Gasteiger charge is 2.12. The van der Waals surface area contributed by atoms with Crippen molar-refractivity contribution in [2.24, 2.45) is 0 Å². The fourth-order valence-electron chi connectivity index (χ4n) is 1.64. The number of amides is 1. The van der Waals surface area contributed by atoms with E-state index < -0.39 is 0 Å². The molecule has 0 aliphatic rings. The normalized spacial score (nSPS) is 10.6. The minimum absolute atomic E-state index is 0.0180. The van der Waals surface area contributed by atoms with Gasteiger partial charge in [-0.25, -0.2) is 0 Å². The highest BCUT2D eigenvalue weighted by molar-refractivity contribution is 7.14. The molecule has 0 aliphatic carbocycles. The van der Waals surface area contributed by atoms with Crippen LogP contribution in [0.3, 0.4) is 0 Å². The summed E-state index contributed by atoms with van der Waals surface area (Å²) in [5.41, 5.74) is 2.08. The van der Waals surface area contributed by atoms with Crippen LogP contribution in [0.15, 0.2) is 6.07 Å². The molecule has 4 nitrogen and oxygen atoms in total. The number of aryl methyl sites for hydroxylation is 3. The fourth-order valence-corrected chi connectivity index (χ4v) is 3.25. The molecular formula is C12H15N3OS2. The van der Waals surface area contributed by atoms with E-state index in [9.17, 15) is 4.79 Å². The van der Waals surface area contributed by atoms with Crippen LogP contribution < -0.4 is 5.32 Å². The molecule has 2 rings (SSSR count). The molecule has 0 atom stereocenters. The molecule has 2 aromatic heterocycles. The Balaban J connectivity index is 2.01. The Kier molecular flexibility index (Phi) is 4.08. The molecule has 6 heteroatoms. The lowest BCUT2D eigenvalue weighted by Crippen LogP contribution is -2.21. The smallest absolute Gasteiger partial charge is 0.261 e. The van der Waals surface area contributed by atoms with Gasteiger partial charge in [0.1, 0.15) is 0 Å². The van der Waals surface area contributed by atoms with Gasteiger partial charge in [-0.3, -0.25) is 4.79 Å². The molecule has 0 unspecified atom stereocenters. The minimum Gasteiger partial charge on any atom is -0.346 e. The maximum absolute atomic E-state index is 12.0. The lowest BCUT2D eigenvalue weighted by Gasteiger charge is -2.00. The molecule has 0 saturated carbocycles. The Morgan fingerprint density at radius 3 is 2.72 bits per heavy atom. The zero-order valence-corrected chi connectivity index (χ0v) is 12.2. The third kappa shape index (κ3) is 2.76. The van der Waals surface area contributed by atoms with Crippen molar-refractivity contribution in [3.63, 3.8) is 0 Å². The molecule has 18 heavy (non-hydrogen) atoms. The number of carbonyl (C=O) groups is 1. The van der Waals surface area contributed by atoms with Crippen LogP contribution in [0.1, 0.15) is 37.6 Å². The number of nitrogens with zero attached hydrogens (tertiary/aromatic N) is 2. The third-order valence-electron chi connectivity index (χ3n) is 2.72. The Hall–Kier alpha value is -1.27. The summed E-state index contributed by atoms with van der Waals surface area (Å²) >= 11 is 2.90. The lowest BCUT2D eigenvalue weighted by molar-refractivity contribution is 0.0955. The summed E-state index contributed by atoms with van der Waals surface area (Å²) in [5, 5.41) is 6.83. The van der Waals surface area contributed by atoms with Gasteiger partial charge in [0.05, 0.1) is 22.0 Å². The highest BCUT2D eigenvalue weighted by Crippen LogP contribution is 2.22. The Bertz CT molecular complexity index is 559. The van der Waals surface area contributed by atoms with Crippen LogP contribution in [0, 0.1) is 13.8 Å². The first kappa shape index (κ1) is 13.2. The number of hydrogen-bond acceptors (Lipinski definition) is 5. The minimum atomic E-state index is -0.0180. The molecule has 0 radical (unpaired) electrons. The van der Waals surface area contributed by atoms with Crippen LogP contribution in [0.2, 0.25) is 0 Å². The predicted molar refractivity (Wildman–Crippen MR) is 74.3 cm³/mol. The Labute approximate surface area is 114 Å². The Morgan fingerprint density at radius 2 is 2.17 bits per heavy atom. The van der Waals surface area contributed by atoms with E-state index in [4.69, 9.17) is 0 Å². The van der Waals surface area contributed by atoms with Gasteiger partial charge in [-0.2, -0.15) is 0 Å². The van der Waals surface area contributed by atoms with Crippen LogP contribution in [0.5, 0.6) is 0 Å². The van der Waals surface area contributed by atoms with E-state index in [1.54, 1.807) is 11.3 Å². The number of thiophene rings is 1. The second-order valence-electron chi connectivity index (χ2n) is 4.03. The van der Waals surface area contributed by atoms with Crippen molar-refractivity contribution in [1.29, 1.82) is 0 Å². The molecule has 0 aromatic carbocycles. The fraction of sp³-hybridized carbons (Fsp3) is 0.417. The van der Waals surface area contributed by atoms with Crippen LogP contribution in [-0.2, 0) is 13.0 Å². The molecule has 0 spiro atoms. The van der Waals surface area contributed by atoms with Gasteiger partial charge in [0, 0.05) is 4.88 Å². The summed E-state index contributed by atoms with van der Waals surface area (Å²) in [5.74, 6) is -0.0180. The van der Waals surface area contributed by atoms with Crippen molar-refractivity contribution in [2.75, 3.05) is 0 Å². The first-order chi connectivity index (χ1) is 8.61. The molecule has 0 aliphatic heterocycles. The standard InChI is InChI=1S/C12H15N3OS2/c1-4-9-7(2)5-10(17-9)12(16)13-6-11-8(3)14-15-18-11/h5H,4,6H2,1-3H3,(H,13,16). The van der Waals surface area contributed by atoms with Gasteiger partial charge in [0.25, 0.3) is 5.91 Å². The van der Waals surface area contributed by atoms with Gasteiger partial charge in [-0.05, 0) is 43.4 Å². The van der Waals surface area contributed by atoms with Crippen molar-refractivity contribution in [1.82, 2.24) is 14.9 Å². The van der Waals surface area contributed by atoms with Crippen molar-refractivity contribution in [3.8, 4) is 0 Å². The van der Waals surface area contributed by atoms with E-state index in [0.717, 1.165) is 21.9 Å². The summed E-state index contributed by atoms with van der Waals surface area (Å²) in [6.07, 6.45) is 0.974. The number of aromatic nitrogens is 2. The maximum atomic E-state index is 12.0. The van der Waals surface area contributed by atoms with E-state index in [2.05, 4.69) is 21.8 Å². The highest BCUT2D eigenvalue weighted by atomic mass is 32.1. The average Bonchev–Trinajstić information content (AvgIpc) is 2.92. The lowest BCUT2D eigenvalue weighted by atomic mass is 10.2. The monoisotopic (exact) mass is 281 g/mol. The van der Waals surface area contributed by atoms with Gasteiger partial charge < -0.3 is 5.32 Å². The van der Waals surface area contributed by atoms with Gasteiger partial charge in [-0.1, -0.05) is 11.4 Å². The second-order valence-corrected chi connectivity index (χ2v) is 6.01. The first-order valence-electron chi connectivity index (χ1n) is 5.77. The van der Waals surface area contributed by atoms with Crippen molar-refractivity contribution in [2.45, 2.75) is 33.7 Å². The van der Waals surface area contributed by atoms with E-state index in [1.807, 2.05) is 19.9 Å². The van der Waals surface area contributed by atoms with E-state index in [-0.39, 0.29) is 5.91 Å². The molecule has 0 saturated heterocycles. The third-order valence-corrected chi connectivity index (χ3v) is 4.92. The largest absolute Gasteiger partial charge is 0.346 e. The SMILES string of the molecule is CCc1sc(C(=O)NCc2snnc2C)cc1C. The zero-order valence-electron chi connectivity index (χ0n) is 10.6. The summed E-state index contributed by atoms with van der Waals surface area (Å²) < 4.78 is 3.85.